The predicted molar refractivity (Wildman–Crippen MR) is 72.2 cm³/mol. The summed E-state index contributed by atoms with van der Waals surface area (Å²) in [5.41, 5.74) is 2.83. The molecule has 2 aliphatic rings. The molecule has 1 aromatic rings. The molecule has 1 aromatic carbocycles. The Morgan fingerprint density at radius 1 is 1.21 bits per heavy atom. The lowest BCUT2D eigenvalue weighted by atomic mass is 9.95. The van der Waals surface area contributed by atoms with Crippen LogP contribution in [0.1, 0.15) is 39.1 Å². The first kappa shape index (κ1) is 11.7. The number of carbonyl (C=O) groups is 2. The first-order valence-electron chi connectivity index (χ1n) is 6.18. The normalized spacial score (nSPS) is 20.3. The second-order valence-corrected chi connectivity index (χ2v) is 4.58. The highest BCUT2D eigenvalue weighted by molar-refractivity contribution is 6.24. The largest absolute Gasteiger partial charge is 0.478 e. The quantitative estimate of drug-likeness (QED) is 0.834. The third-order valence-electron chi connectivity index (χ3n) is 3.48. The van der Waals surface area contributed by atoms with Crippen LogP contribution in [0, 0.1) is 0 Å². The molecule has 19 heavy (non-hydrogen) atoms. The van der Waals surface area contributed by atoms with E-state index < -0.39 is 5.97 Å². The number of ketones is 1. The average Bonchev–Trinajstić information content (AvgIpc) is 2.61. The Hall–Kier alpha value is -2.42. The number of benzene rings is 1. The molecular weight excluding hydrogens is 240 g/mol. The molecule has 0 heterocycles. The lowest BCUT2D eigenvalue weighted by molar-refractivity contribution is 0.0696. The molecule has 0 unspecified atom stereocenters. The second-order valence-electron chi connectivity index (χ2n) is 4.58. The van der Waals surface area contributed by atoms with Gasteiger partial charge in [0.1, 0.15) is 0 Å². The Labute approximate surface area is 110 Å². The zero-order valence-electron chi connectivity index (χ0n) is 10.2. The molecule has 0 fully saturated rings. The summed E-state index contributed by atoms with van der Waals surface area (Å²) in [5, 5.41) is 9.29. The van der Waals surface area contributed by atoms with Gasteiger partial charge in [-0.1, -0.05) is 36.4 Å². The summed E-state index contributed by atoms with van der Waals surface area (Å²) in [6, 6.07) is 4.89. The van der Waals surface area contributed by atoms with Gasteiger partial charge in [-0.2, -0.15) is 0 Å². The van der Waals surface area contributed by atoms with E-state index in [1.807, 2.05) is 18.2 Å². The van der Waals surface area contributed by atoms with Crippen LogP contribution in [-0.4, -0.2) is 16.9 Å². The fourth-order valence-electron chi connectivity index (χ4n) is 2.65. The zero-order chi connectivity index (χ0) is 13.4. The fourth-order valence-corrected chi connectivity index (χ4v) is 2.65. The first-order chi connectivity index (χ1) is 9.20. The first-order valence-corrected chi connectivity index (χ1v) is 6.18. The number of allylic oxidation sites excluding steroid dienone is 6. The third kappa shape index (κ3) is 1.74. The van der Waals surface area contributed by atoms with E-state index in [0.29, 0.717) is 23.1 Å². The fraction of sp³-hybridized carbons (Fsp3) is 0.125. The number of fused-ring (bicyclic) bond motifs is 2. The van der Waals surface area contributed by atoms with Gasteiger partial charge in [0.25, 0.3) is 0 Å². The van der Waals surface area contributed by atoms with Crippen molar-refractivity contribution in [3.8, 4) is 0 Å². The molecule has 3 rings (SSSR count). The highest BCUT2D eigenvalue weighted by atomic mass is 16.4. The van der Waals surface area contributed by atoms with Crippen molar-refractivity contribution in [2.75, 3.05) is 0 Å². The van der Waals surface area contributed by atoms with E-state index in [4.69, 9.17) is 0 Å². The van der Waals surface area contributed by atoms with E-state index in [-0.39, 0.29) is 11.3 Å². The molecule has 0 saturated heterocycles. The number of Topliss-reactive ketones (excluding diaryl/α,β-unsaturated/α-hetero) is 1. The van der Waals surface area contributed by atoms with Crippen molar-refractivity contribution in [3.63, 3.8) is 0 Å². The number of hydrogen-bond acceptors (Lipinski definition) is 2. The van der Waals surface area contributed by atoms with Crippen LogP contribution in [0.5, 0.6) is 0 Å². The zero-order valence-corrected chi connectivity index (χ0v) is 10.2. The number of aromatic carboxylic acids is 1. The molecule has 3 heteroatoms. The van der Waals surface area contributed by atoms with Gasteiger partial charge in [0, 0.05) is 16.7 Å². The van der Waals surface area contributed by atoms with Crippen LogP contribution >= 0.6 is 0 Å². The molecule has 0 radical (unpaired) electrons. The smallest absolute Gasteiger partial charge is 0.336 e. The van der Waals surface area contributed by atoms with Gasteiger partial charge < -0.3 is 5.11 Å². The van der Waals surface area contributed by atoms with Gasteiger partial charge in [0.2, 0.25) is 0 Å². The maximum atomic E-state index is 12.3. The maximum Gasteiger partial charge on any atom is 0.336 e. The minimum Gasteiger partial charge on any atom is -0.478 e. The van der Waals surface area contributed by atoms with Gasteiger partial charge in [-0.05, 0) is 24.5 Å². The average molecular weight is 252 g/mol. The van der Waals surface area contributed by atoms with E-state index in [0.717, 1.165) is 12.0 Å². The summed E-state index contributed by atoms with van der Waals surface area (Å²) in [4.78, 5) is 23.7. The van der Waals surface area contributed by atoms with Crippen LogP contribution in [0.25, 0.3) is 5.57 Å². The SMILES string of the molecule is O=C(O)c1cccc2c1C1=C(/C=C\C=C/CC1)C2=O. The van der Waals surface area contributed by atoms with Gasteiger partial charge in [0.15, 0.2) is 5.78 Å². The van der Waals surface area contributed by atoms with Crippen LogP contribution in [0.4, 0.5) is 0 Å². The Morgan fingerprint density at radius 3 is 2.84 bits per heavy atom. The number of carboxylic acids is 1. The minimum absolute atomic E-state index is 0.0698. The van der Waals surface area contributed by atoms with Crippen molar-refractivity contribution in [2.45, 2.75) is 12.8 Å². The number of carboxylic acid groups (broad SMARTS) is 1. The van der Waals surface area contributed by atoms with Crippen LogP contribution < -0.4 is 0 Å². The molecule has 0 atom stereocenters. The van der Waals surface area contributed by atoms with Crippen LogP contribution in [0.2, 0.25) is 0 Å². The Morgan fingerprint density at radius 2 is 2.05 bits per heavy atom. The summed E-state index contributed by atoms with van der Waals surface area (Å²) < 4.78 is 0. The van der Waals surface area contributed by atoms with Crippen LogP contribution in [0.15, 0.2) is 48.1 Å². The molecule has 0 saturated carbocycles. The van der Waals surface area contributed by atoms with Gasteiger partial charge in [-0.15, -0.1) is 0 Å². The molecule has 0 aromatic heterocycles. The number of rotatable bonds is 1. The summed E-state index contributed by atoms with van der Waals surface area (Å²) in [7, 11) is 0. The Balaban J connectivity index is 2.27. The van der Waals surface area contributed by atoms with Crippen molar-refractivity contribution in [1.29, 1.82) is 0 Å². The topological polar surface area (TPSA) is 54.4 Å². The van der Waals surface area contributed by atoms with Gasteiger partial charge >= 0.3 is 5.97 Å². The Kier molecular flexibility index (Phi) is 2.67. The molecule has 3 nitrogen and oxygen atoms in total. The van der Waals surface area contributed by atoms with E-state index in [1.54, 1.807) is 24.3 Å². The van der Waals surface area contributed by atoms with Crippen molar-refractivity contribution in [1.82, 2.24) is 0 Å². The van der Waals surface area contributed by atoms with Gasteiger partial charge in [0.05, 0.1) is 5.56 Å². The third-order valence-corrected chi connectivity index (χ3v) is 3.48. The number of hydrogen-bond donors (Lipinski definition) is 1. The van der Waals surface area contributed by atoms with Crippen molar-refractivity contribution < 1.29 is 14.7 Å². The molecule has 94 valence electrons. The molecule has 0 amide bonds. The summed E-state index contributed by atoms with van der Waals surface area (Å²) in [6.07, 6.45) is 9.05. The summed E-state index contributed by atoms with van der Waals surface area (Å²) in [6.45, 7) is 0. The lowest BCUT2D eigenvalue weighted by Gasteiger charge is -2.08. The standard InChI is InChI=1S/C16H12O3/c17-15-11-7-4-2-1-3-6-10(11)14-12(15)8-5-9-13(14)16(18)19/h1-2,4-5,7-9H,3,6H2,(H,18,19)/b2-1-,7-4-. The molecule has 2 aliphatic carbocycles. The molecule has 0 aliphatic heterocycles. The van der Waals surface area contributed by atoms with Crippen molar-refractivity contribution in [3.05, 3.63) is 64.8 Å². The molecule has 0 spiro atoms. The number of carbonyl (C=O) groups excluding carboxylic acids is 1. The monoisotopic (exact) mass is 252 g/mol. The highest BCUT2D eigenvalue weighted by Gasteiger charge is 2.31. The molecule has 0 bridgehead atoms. The summed E-state index contributed by atoms with van der Waals surface area (Å²) >= 11 is 0. The highest BCUT2D eigenvalue weighted by Crippen LogP contribution is 2.39. The van der Waals surface area contributed by atoms with Gasteiger partial charge in [-0.25, -0.2) is 4.79 Å². The van der Waals surface area contributed by atoms with E-state index in [9.17, 15) is 14.7 Å². The van der Waals surface area contributed by atoms with E-state index in [1.165, 1.54) is 0 Å². The Bertz CT molecular complexity index is 675. The molecule has 1 N–H and O–H groups in total. The molecular formula is C16H12O3. The summed E-state index contributed by atoms with van der Waals surface area (Å²) in [5.74, 6) is -1.06. The predicted octanol–water partition coefficient (Wildman–Crippen LogP) is 3.24. The van der Waals surface area contributed by atoms with Crippen molar-refractivity contribution >= 4 is 17.3 Å². The maximum absolute atomic E-state index is 12.3. The van der Waals surface area contributed by atoms with Crippen LogP contribution in [0.3, 0.4) is 0 Å². The van der Waals surface area contributed by atoms with Crippen LogP contribution in [-0.2, 0) is 0 Å². The van der Waals surface area contributed by atoms with Crippen molar-refractivity contribution in [2.24, 2.45) is 0 Å². The minimum atomic E-state index is -0.986. The van der Waals surface area contributed by atoms with E-state index in [2.05, 4.69) is 0 Å². The second kappa shape index (κ2) is 4.35. The van der Waals surface area contributed by atoms with Gasteiger partial charge in [-0.3, -0.25) is 4.79 Å². The van der Waals surface area contributed by atoms with E-state index >= 15 is 0 Å². The lowest BCUT2D eigenvalue weighted by Crippen LogP contribution is -2.03.